The zero-order valence-corrected chi connectivity index (χ0v) is 11.0. The summed E-state index contributed by atoms with van der Waals surface area (Å²) in [5, 5.41) is 17.2. The highest BCUT2D eigenvalue weighted by Gasteiger charge is 2.15. The molecular weight excluding hydrogens is 244 g/mol. The summed E-state index contributed by atoms with van der Waals surface area (Å²) in [5.74, 6) is 0. The van der Waals surface area contributed by atoms with Gasteiger partial charge >= 0.3 is 6.09 Å². The molecule has 1 aliphatic rings. The van der Waals surface area contributed by atoms with E-state index < -0.39 is 6.09 Å². The van der Waals surface area contributed by atoms with Crippen molar-refractivity contribution in [2.75, 3.05) is 19.6 Å². The number of likely N-dealkylation sites (tertiary alicyclic amines) is 1. The Morgan fingerprint density at radius 1 is 1.21 bits per heavy atom. The van der Waals surface area contributed by atoms with Gasteiger partial charge in [-0.3, -0.25) is 0 Å². The molecule has 0 saturated carbocycles. The second-order valence-electron chi connectivity index (χ2n) is 4.63. The van der Waals surface area contributed by atoms with E-state index in [0.717, 1.165) is 25.2 Å². The van der Waals surface area contributed by atoms with Crippen LogP contribution in [-0.4, -0.2) is 40.8 Å². The third-order valence-corrected chi connectivity index (χ3v) is 3.06. The van der Waals surface area contributed by atoms with Crippen molar-refractivity contribution in [1.82, 2.24) is 4.90 Å². The van der Waals surface area contributed by atoms with Gasteiger partial charge in [-0.15, -0.1) is 0 Å². The van der Waals surface area contributed by atoms with Crippen LogP contribution in [0.1, 0.15) is 30.9 Å². The molecule has 106 valence electrons. The van der Waals surface area contributed by atoms with Crippen molar-refractivity contribution in [2.45, 2.75) is 25.4 Å². The van der Waals surface area contributed by atoms with E-state index in [2.05, 4.69) is 10.6 Å². The van der Waals surface area contributed by atoms with Crippen LogP contribution in [0, 0.1) is 0 Å². The average molecular weight is 266 g/mol. The number of piperidine rings is 1. The summed E-state index contributed by atoms with van der Waals surface area (Å²) in [5.41, 5.74) is 5.06. The van der Waals surface area contributed by atoms with Crippen LogP contribution in [-0.2, 0) is 0 Å². The number of β-amino-alcohol motifs (C(OH)–C–C–N with tert-alkyl or cyclic N) is 1. The van der Waals surface area contributed by atoms with Gasteiger partial charge in [0.2, 0.25) is 0 Å². The molecule has 5 heteroatoms. The van der Waals surface area contributed by atoms with Gasteiger partial charge in [-0.1, -0.05) is 36.8 Å². The largest absolute Gasteiger partial charge is 0.465 e. The zero-order valence-electron chi connectivity index (χ0n) is 11.0. The van der Waals surface area contributed by atoms with Gasteiger partial charge in [0.25, 0.3) is 0 Å². The summed E-state index contributed by atoms with van der Waals surface area (Å²) in [6.07, 6.45) is 2.24. The molecule has 1 saturated heterocycles. The van der Waals surface area contributed by atoms with Crippen LogP contribution < -0.4 is 5.73 Å². The lowest BCUT2D eigenvalue weighted by atomic mass is 10.1. The van der Waals surface area contributed by atoms with E-state index in [0.29, 0.717) is 0 Å². The van der Waals surface area contributed by atoms with Gasteiger partial charge in [-0.2, -0.15) is 0 Å². The Morgan fingerprint density at radius 3 is 2.26 bits per heavy atom. The third-order valence-electron chi connectivity index (χ3n) is 3.06. The number of aliphatic hydroxyl groups excluding tert-OH is 1. The van der Waals surface area contributed by atoms with Crippen LogP contribution in [0.5, 0.6) is 0 Å². The number of benzene rings is 1. The Hall–Kier alpha value is -1.59. The summed E-state index contributed by atoms with van der Waals surface area (Å²) in [4.78, 5) is 11.1. The Morgan fingerprint density at radius 2 is 1.74 bits per heavy atom. The van der Waals surface area contributed by atoms with Crippen molar-refractivity contribution < 1.29 is 15.0 Å². The Labute approximate surface area is 113 Å². The summed E-state index contributed by atoms with van der Waals surface area (Å²) < 4.78 is 0. The number of hydrogen-bond donors (Lipinski definition) is 3. The first-order chi connectivity index (χ1) is 9.09. The van der Waals surface area contributed by atoms with E-state index in [4.69, 9.17) is 9.90 Å². The minimum absolute atomic E-state index is 0.329. The summed E-state index contributed by atoms with van der Waals surface area (Å²) >= 11 is 0. The fourth-order valence-corrected chi connectivity index (χ4v) is 2.17. The number of nitrogens with zero attached hydrogens (tertiary/aromatic N) is 1. The van der Waals surface area contributed by atoms with Crippen molar-refractivity contribution in [3.8, 4) is 0 Å². The van der Waals surface area contributed by atoms with E-state index in [1.54, 1.807) is 0 Å². The number of rotatable bonds is 3. The van der Waals surface area contributed by atoms with Crippen LogP contribution in [0.3, 0.4) is 0 Å². The van der Waals surface area contributed by atoms with Crippen molar-refractivity contribution in [2.24, 2.45) is 5.73 Å². The molecule has 2 rings (SSSR count). The lowest BCUT2D eigenvalue weighted by Crippen LogP contribution is -2.33. The Kier molecular flexibility index (Phi) is 6.92. The summed E-state index contributed by atoms with van der Waals surface area (Å²) in [7, 11) is 0. The Balaban J connectivity index is 0.000000399. The molecule has 1 aromatic carbocycles. The van der Waals surface area contributed by atoms with Crippen LogP contribution in [0.15, 0.2) is 30.3 Å². The number of amides is 1. The normalized spacial score (nSPS) is 17.1. The van der Waals surface area contributed by atoms with Crippen molar-refractivity contribution >= 4 is 6.09 Å². The first kappa shape index (κ1) is 15.5. The SMILES string of the molecule is NC(=O)O.OC(CN1CCCCC1)c1ccccc1. The molecule has 5 nitrogen and oxygen atoms in total. The van der Waals surface area contributed by atoms with Crippen LogP contribution in [0.25, 0.3) is 0 Å². The molecule has 4 N–H and O–H groups in total. The molecule has 0 radical (unpaired) electrons. The highest BCUT2D eigenvalue weighted by molar-refractivity contribution is 5.61. The highest BCUT2D eigenvalue weighted by atomic mass is 16.4. The van der Waals surface area contributed by atoms with E-state index in [1.165, 1.54) is 19.3 Å². The van der Waals surface area contributed by atoms with Crippen molar-refractivity contribution in [3.05, 3.63) is 35.9 Å². The highest BCUT2D eigenvalue weighted by Crippen LogP contribution is 2.16. The van der Waals surface area contributed by atoms with E-state index >= 15 is 0 Å². The molecule has 0 aromatic heterocycles. The standard InChI is InChI=1S/C13H19NO.CH3NO2/c15-13(12-7-3-1-4-8-12)11-14-9-5-2-6-10-14;2-1(3)4/h1,3-4,7-8,13,15H,2,5-6,9-11H2;2H2,(H,3,4). The van der Waals surface area contributed by atoms with Crippen molar-refractivity contribution in [3.63, 3.8) is 0 Å². The number of carbonyl (C=O) groups is 1. The van der Waals surface area contributed by atoms with Gasteiger partial charge < -0.3 is 20.8 Å². The molecule has 19 heavy (non-hydrogen) atoms. The maximum absolute atomic E-state index is 10.0. The van der Waals surface area contributed by atoms with Crippen molar-refractivity contribution in [1.29, 1.82) is 0 Å². The topological polar surface area (TPSA) is 86.8 Å². The molecule has 1 amide bonds. The molecule has 1 aliphatic heterocycles. The Bertz CT molecular complexity index is 360. The lowest BCUT2D eigenvalue weighted by molar-refractivity contribution is 0.101. The van der Waals surface area contributed by atoms with Gasteiger partial charge in [-0.25, -0.2) is 4.79 Å². The van der Waals surface area contributed by atoms with Crippen LogP contribution in [0.4, 0.5) is 4.79 Å². The molecule has 1 aromatic rings. The van der Waals surface area contributed by atoms with E-state index in [1.807, 2.05) is 30.3 Å². The first-order valence-corrected chi connectivity index (χ1v) is 6.53. The zero-order chi connectivity index (χ0) is 14.1. The lowest BCUT2D eigenvalue weighted by Gasteiger charge is -2.28. The molecule has 1 unspecified atom stereocenters. The first-order valence-electron chi connectivity index (χ1n) is 6.53. The van der Waals surface area contributed by atoms with Gasteiger partial charge in [0.05, 0.1) is 6.10 Å². The molecule has 1 fully saturated rings. The molecule has 0 spiro atoms. The number of hydrogen-bond acceptors (Lipinski definition) is 3. The fraction of sp³-hybridized carbons (Fsp3) is 0.500. The predicted octanol–water partition coefficient (Wildman–Crippen LogP) is 1.83. The second kappa shape index (κ2) is 8.50. The van der Waals surface area contributed by atoms with Crippen LogP contribution >= 0.6 is 0 Å². The summed E-state index contributed by atoms with van der Waals surface area (Å²) in [6.45, 7) is 3.07. The average Bonchev–Trinajstić information content (AvgIpc) is 2.40. The van der Waals surface area contributed by atoms with E-state index in [-0.39, 0.29) is 6.10 Å². The molecular formula is C14H22N2O3. The van der Waals surface area contributed by atoms with E-state index in [9.17, 15) is 5.11 Å². The smallest absolute Gasteiger partial charge is 0.402 e. The van der Waals surface area contributed by atoms with Gasteiger partial charge in [0.15, 0.2) is 0 Å². The number of aliphatic hydroxyl groups is 1. The molecule has 0 aliphatic carbocycles. The quantitative estimate of drug-likeness (QED) is 0.779. The van der Waals surface area contributed by atoms with Crippen LogP contribution in [0.2, 0.25) is 0 Å². The minimum Gasteiger partial charge on any atom is -0.465 e. The molecule has 1 heterocycles. The van der Waals surface area contributed by atoms with Gasteiger partial charge in [0, 0.05) is 6.54 Å². The number of carboxylic acid groups (broad SMARTS) is 1. The fourth-order valence-electron chi connectivity index (χ4n) is 2.17. The second-order valence-corrected chi connectivity index (χ2v) is 4.63. The maximum atomic E-state index is 10.0. The molecule has 1 atom stereocenters. The molecule has 0 bridgehead atoms. The minimum atomic E-state index is -1.33. The van der Waals surface area contributed by atoms with Gasteiger partial charge in [0.1, 0.15) is 0 Å². The number of nitrogens with two attached hydrogens (primary N) is 1. The number of primary amides is 1. The summed E-state index contributed by atoms with van der Waals surface area (Å²) in [6, 6.07) is 9.93. The maximum Gasteiger partial charge on any atom is 0.402 e. The monoisotopic (exact) mass is 266 g/mol. The predicted molar refractivity (Wildman–Crippen MR) is 73.9 cm³/mol. The van der Waals surface area contributed by atoms with Gasteiger partial charge in [-0.05, 0) is 31.5 Å². The third kappa shape index (κ3) is 6.79.